The van der Waals surface area contributed by atoms with Gasteiger partial charge in [0.1, 0.15) is 5.75 Å². The molecule has 0 saturated heterocycles. The smallest absolute Gasteiger partial charge is 0.400 e. The summed E-state index contributed by atoms with van der Waals surface area (Å²) in [7, 11) is 1.55. The second-order valence-electron chi connectivity index (χ2n) is 4.97. The number of ether oxygens (including phenoxy) is 1. The van der Waals surface area contributed by atoms with E-state index in [1.165, 1.54) is 0 Å². The lowest BCUT2D eigenvalue weighted by molar-refractivity contribution is 0.0551. The molecular weight excluding hydrogens is 375 g/mol. The van der Waals surface area contributed by atoms with Gasteiger partial charge in [0, 0.05) is 17.3 Å². The second-order valence-corrected chi connectivity index (χ2v) is 5.85. The SMILES string of the molecule is COc1ccc(Nc2cccc(-c3noc(C(F)(F)Cl)n3)c2)c(Cl)c1. The fourth-order valence-corrected chi connectivity index (χ4v) is 2.37. The van der Waals surface area contributed by atoms with Crippen LogP contribution < -0.4 is 10.1 Å². The molecule has 5 nitrogen and oxygen atoms in total. The van der Waals surface area contributed by atoms with Gasteiger partial charge in [-0.2, -0.15) is 13.8 Å². The molecule has 25 heavy (non-hydrogen) atoms. The van der Waals surface area contributed by atoms with E-state index >= 15 is 0 Å². The van der Waals surface area contributed by atoms with Gasteiger partial charge in [-0.3, -0.25) is 0 Å². The number of hydrogen-bond donors (Lipinski definition) is 1. The average molecular weight is 386 g/mol. The third-order valence-electron chi connectivity index (χ3n) is 3.24. The van der Waals surface area contributed by atoms with Gasteiger partial charge < -0.3 is 14.6 Å². The molecule has 3 rings (SSSR count). The van der Waals surface area contributed by atoms with Crippen LogP contribution in [-0.2, 0) is 5.38 Å². The molecule has 0 radical (unpaired) electrons. The number of hydrogen-bond acceptors (Lipinski definition) is 5. The van der Waals surface area contributed by atoms with Crippen LogP contribution in [0.4, 0.5) is 20.2 Å². The lowest BCUT2D eigenvalue weighted by Crippen LogP contribution is -2.03. The molecule has 9 heteroatoms. The minimum atomic E-state index is -3.71. The molecule has 3 aromatic rings. The van der Waals surface area contributed by atoms with E-state index in [0.717, 1.165) is 0 Å². The highest BCUT2D eigenvalue weighted by Gasteiger charge is 2.35. The number of alkyl halides is 3. The van der Waals surface area contributed by atoms with Crippen LogP contribution in [0.3, 0.4) is 0 Å². The molecule has 0 aliphatic carbocycles. The summed E-state index contributed by atoms with van der Waals surface area (Å²) in [5.74, 6) is -0.328. The third-order valence-corrected chi connectivity index (χ3v) is 3.72. The number of benzene rings is 2. The van der Waals surface area contributed by atoms with Crippen LogP contribution in [-0.4, -0.2) is 17.3 Å². The second kappa shape index (κ2) is 6.85. The number of methoxy groups -OCH3 is 1. The molecule has 0 amide bonds. The van der Waals surface area contributed by atoms with Crippen molar-refractivity contribution in [1.29, 1.82) is 0 Å². The molecule has 0 unspecified atom stereocenters. The van der Waals surface area contributed by atoms with E-state index in [1.54, 1.807) is 49.6 Å². The molecule has 1 heterocycles. The van der Waals surface area contributed by atoms with Crippen LogP contribution in [0.5, 0.6) is 5.75 Å². The minimum Gasteiger partial charge on any atom is -0.497 e. The van der Waals surface area contributed by atoms with Crippen LogP contribution >= 0.6 is 23.2 Å². The molecule has 2 aromatic carbocycles. The van der Waals surface area contributed by atoms with E-state index in [4.69, 9.17) is 27.9 Å². The predicted molar refractivity (Wildman–Crippen MR) is 90.8 cm³/mol. The van der Waals surface area contributed by atoms with Gasteiger partial charge in [0.25, 0.3) is 0 Å². The van der Waals surface area contributed by atoms with Gasteiger partial charge in [0.2, 0.25) is 5.82 Å². The maximum Gasteiger partial charge on any atom is 0.400 e. The number of aromatic nitrogens is 2. The highest BCUT2D eigenvalue weighted by molar-refractivity contribution is 6.33. The lowest BCUT2D eigenvalue weighted by atomic mass is 10.2. The molecule has 1 aromatic heterocycles. The molecular formula is C16H11Cl2F2N3O2. The summed E-state index contributed by atoms with van der Waals surface area (Å²) in [6.07, 6.45) is 0. The largest absolute Gasteiger partial charge is 0.497 e. The molecule has 0 atom stereocenters. The molecule has 1 N–H and O–H groups in total. The number of halogens is 4. The van der Waals surface area contributed by atoms with Gasteiger partial charge in [0.05, 0.1) is 17.8 Å². The summed E-state index contributed by atoms with van der Waals surface area (Å²) < 4.78 is 35.6. The summed E-state index contributed by atoms with van der Waals surface area (Å²) in [5, 5.41) is 3.40. The monoisotopic (exact) mass is 385 g/mol. The maximum absolute atomic E-state index is 13.0. The molecule has 0 saturated carbocycles. The Bertz CT molecular complexity index is 897. The summed E-state index contributed by atoms with van der Waals surface area (Å²) in [6, 6.07) is 12.0. The first-order valence-electron chi connectivity index (χ1n) is 6.99. The average Bonchev–Trinajstić information content (AvgIpc) is 3.07. The standard InChI is InChI=1S/C16H11Cl2F2N3O2/c1-24-11-5-6-13(12(17)8-11)21-10-4-2-3-9(7-10)14-22-15(25-23-14)16(18,19)20/h2-8,21H,1H3. The Hall–Kier alpha value is -2.38. The van der Waals surface area contributed by atoms with Crippen LogP contribution in [0.2, 0.25) is 5.02 Å². The van der Waals surface area contributed by atoms with Crippen molar-refractivity contribution in [3.05, 3.63) is 53.4 Å². The Morgan fingerprint density at radius 1 is 1.20 bits per heavy atom. The first-order chi connectivity index (χ1) is 11.9. The topological polar surface area (TPSA) is 60.2 Å². The summed E-state index contributed by atoms with van der Waals surface area (Å²) in [6.45, 7) is 0. The minimum absolute atomic E-state index is 0.000183. The summed E-state index contributed by atoms with van der Waals surface area (Å²) in [5.41, 5.74) is 1.79. The quantitative estimate of drug-likeness (QED) is 0.593. The maximum atomic E-state index is 13.0. The van der Waals surface area contributed by atoms with Crippen molar-refractivity contribution in [2.45, 2.75) is 5.38 Å². The van der Waals surface area contributed by atoms with Gasteiger partial charge >= 0.3 is 11.3 Å². The fraction of sp³-hybridized carbons (Fsp3) is 0.125. The Morgan fingerprint density at radius 3 is 2.64 bits per heavy atom. The van der Waals surface area contributed by atoms with Crippen molar-refractivity contribution in [2.75, 3.05) is 12.4 Å². The number of anilines is 2. The van der Waals surface area contributed by atoms with Gasteiger partial charge in [-0.05, 0) is 35.9 Å². The van der Waals surface area contributed by atoms with E-state index in [2.05, 4.69) is 20.0 Å². The van der Waals surface area contributed by atoms with Crippen molar-refractivity contribution < 1.29 is 18.0 Å². The van der Waals surface area contributed by atoms with E-state index in [9.17, 15) is 8.78 Å². The molecule has 0 bridgehead atoms. The zero-order chi connectivity index (χ0) is 18.0. The molecule has 130 valence electrons. The van der Waals surface area contributed by atoms with Crippen LogP contribution in [0.15, 0.2) is 47.0 Å². The van der Waals surface area contributed by atoms with Crippen molar-refractivity contribution in [3.63, 3.8) is 0 Å². The van der Waals surface area contributed by atoms with Crippen LogP contribution in [0.1, 0.15) is 5.89 Å². The summed E-state index contributed by atoms with van der Waals surface area (Å²) in [4.78, 5) is 3.61. The molecule has 0 fully saturated rings. The number of nitrogens with zero attached hydrogens (tertiary/aromatic N) is 2. The Morgan fingerprint density at radius 2 is 2.00 bits per heavy atom. The first-order valence-corrected chi connectivity index (χ1v) is 7.74. The first kappa shape index (κ1) is 17.4. The molecule has 0 spiro atoms. The van der Waals surface area contributed by atoms with Crippen molar-refractivity contribution in [3.8, 4) is 17.1 Å². The Labute approximate surface area is 151 Å². The van der Waals surface area contributed by atoms with Crippen molar-refractivity contribution in [1.82, 2.24) is 10.1 Å². The van der Waals surface area contributed by atoms with E-state index < -0.39 is 11.3 Å². The van der Waals surface area contributed by atoms with E-state index in [-0.39, 0.29) is 5.82 Å². The fourth-order valence-electron chi connectivity index (χ4n) is 2.07. The third kappa shape index (κ3) is 4.00. The Balaban J connectivity index is 1.86. The van der Waals surface area contributed by atoms with Crippen molar-refractivity contribution in [2.24, 2.45) is 0 Å². The van der Waals surface area contributed by atoms with Gasteiger partial charge in [0.15, 0.2) is 0 Å². The van der Waals surface area contributed by atoms with Crippen molar-refractivity contribution >= 4 is 34.6 Å². The predicted octanol–water partition coefficient (Wildman–Crippen LogP) is 5.43. The normalized spacial score (nSPS) is 11.4. The van der Waals surface area contributed by atoms with Crippen LogP contribution in [0.25, 0.3) is 11.4 Å². The van der Waals surface area contributed by atoms with E-state index in [1.807, 2.05) is 0 Å². The van der Waals surface area contributed by atoms with E-state index in [0.29, 0.717) is 27.7 Å². The number of rotatable bonds is 5. The number of nitrogens with one attached hydrogen (secondary N) is 1. The zero-order valence-electron chi connectivity index (χ0n) is 12.8. The molecule has 0 aliphatic rings. The van der Waals surface area contributed by atoms with Crippen LogP contribution in [0, 0.1) is 0 Å². The van der Waals surface area contributed by atoms with Gasteiger partial charge in [-0.1, -0.05) is 28.9 Å². The zero-order valence-corrected chi connectivity index (χ0v) is 14.3. The lowest BCUT2D eigenvalue weighted by Gasteiger charge is -2.10. The summed E-state index contributed by atoms with van der Waals surface area (Å²) >= 11 is 11.1. The van der Waals surface area contributed by atoms with Gasteiger partial charge in [-0.15, -0.1) is 0 Å². The van der Waals surface area contributed by atoms with Gasteiger partial charge in [-0.25, -0.2) is 0 Å². The Kier molecular flexibility index (Phi) is 4.78. The highest BCUT2D eigenvalue weighted by atomic mass is 35.5. The molecule has 0 aliphatic heterocycles. The highest BCUT2D eigenvalue weighted by Crippen LogP contribution is 2.33.